The fourth-order valence-corrected chi connectivity index (χ4v) is 2.48. The van der Waals surface area contributed by atoms with Crippen LogP contribution in [0.15, 0.2) is 12.7 Å². The molecule has 4 atom stereocenters. The number of aliphatic hydroxyl groups excluding tert-OH is 1. The zero-order valence-electron chi connectivity index (χ0n) is 8.95. The average molecular weight is 217 g/mol. The van der Waals surface area contributed by atoms with E-state index < -0.39 is 0 Å². The van der Waals surface area contributed by atoms with Gasteiger partial charge in [0.25, 0.3) is 0 Å². The zero-order chi connectivity index (χ0) is 10.6. The minimum Gasteiger partial charge on any atom is -0.392 e. The number of hydrogen-bond acceptors (Lipinski definition) is 1. The summed E-state index contributed by atoms with van der Waals surface area (Å²) in [5, 5.41) is 10.4. The molecule has 1 aliphatic rings. The van der Waals surface area contributed by atoms with Gasteiger partial charge in [0.1, 0.15) is 0 Å². The predicted molar refractivity (Wildman–Crippen MR) is 61.6 cm³/mol. The van der Waals surface area contributed by atoms with Crippen LogP contribution < -0.4 is 0 Å². The molecule has 1 N–H and O–H groups in total. The zero-order valence-corrected chi connectivity index (χ0v) is 9.71. The molecule has 2 heteroatoms. The van der Waals surface area contributed by atoms with Crippen molar-refractivity contribution in [1.82, 2.24) is 0 Å². The normalized spacial score (nSPS) is 33.1. The fourth-order valence-electron chi connectivity index (χ4n) is 2.20. The molecule has 1 rings (SSSR count). The van der Waals surface area contributed by atoms with Gasteiger partial charge in [0.15, 0.2) is 0 Å². The highest BCUT2D eigenvalue weighted by Gasteiger charge is 2.25. The van der Waals surface area contributed by atoms with Crippen LogP contribution in [0.5, 0.6) is 0 Å². The van der Waals surface area contributed by atoms with Gasteiger partial charge in [-0.25, -0.2) is 0 Å². The summed E-state index contributed by atoms with van der Waals surface area (Å²) in [7, 11) is 0. The van der Waals surface area contributed by atoms with Crippen LogP contribution >= 0.6 is 11.6 Å². The van der Waals surface area contributed by atoms with Gasteiger partial charge in [-0.3, -0.25) is 0 Å². The van der Waals surface area contributed by atoms with Gasteiger partial charge in [0.05, 0.1) is 6.10 Å². The summed E-state index contributed by atoms with van der Waals surface area (Å²) in [5.74, 6) is 0.624. The Labute approximate surface area is 92.2 Å². The first-order valence-corrected chi connectivity index (χ1v) is 6.03. The van der Waals surface area contributed by atoms with E-state index in [0.717, 1.165) is 32.1 Å². The molecule has 82 valence electrons. The van der Waals surface area contributed by atoms with Crippen LogP contribution in [-0.2, 0) is 0 Å². The third-order valence-electron chi connectivity index (χ3n) is 3.34. The average Bonchev–Trinajstić information content (AvgIpc) is 2.40. The van der Waals surface area contributed by atoms with Crippen molar-refractivity contribution in [3.63, 3.8) is 0 Å². The van der Waals surface area contributed by atoms with E-state index in [0.29, 0.717) is 11.3 Å². The van der Waals surface area contributed by atoms with Gasteiger partial charge in [-0.05, 0) is 37.5 Å². The van der Waals surface area contributed by atoms with Crippen LogP contribution in [-0.4, -0.2) is 16.6 Å². The van der Waals surface area contributed by atoms with Gasteiger partial charge < -0.3 is 5.11 Å². The number of rotatable bonds is 3. The standard InChI is InChI=1S/C12H21ClO/c1-3-9(2)12(14)10-5-4-6-11(13)8-7-10/h3,9-12,14H,1,4-8H2,2H3. The van der Waals surface area contributed by atoms with E-state index in [1.165, 1.54) is 0 Å². The van der Waals surface area contributed by atoms with Crippen molar-refractivity contribution in [3.05, 3.63) is 12.7 Å². The number of aliphatic hydroxyl groups is 1. The molecule has 1 fully saturated rings. The summed E-state index contributed by atoms with van der Waals surface area (Å²) in [6, 6.07) is 0. The quantitative estimate of drug-likeness (QED) is 0.436. The molecule has 1 aliphatic carbocycles. The molecule has 0 heterocycles. The van der Waals surface area contributed by atoms with Gasteiger partial charge in [-0.15, -0.1) is 18.2 Å². The molecule has 0 spiro atoms. The molecule has 0 bridgehead atoms. The van der Waals surface area contributed by atoms with Crippen LogP contribution in [0, 0.1) is 11.8 Å². The van der Waals surface area contributed by atoms with E-state index in [1.807, 2.05) is 13.0 Å². The second-order valence-electron chi connectivity index (χ2n) is 4.45. The fraction of sp³-hybridized carbons (Fsp3) is 0.833. The van der Waals surface area contributed by atoms with Crippen LogP contribution in [0.1, 0.15) is 39.0 Å². The maximum Gasteiger partial charge on any atom is 0.0628 e. The molecular weight excluding hydrogens is 196 g/mol. The first-order chi connectivity index (χ1) is 6.65. The largest absolute Gasteiger partial charge is 0.392 e. The maximum atomic E-state index is 10.0. The summed E-state index contributed by atoms with van der Waals surface area (Å²) < 4.78 is 0. The molecular formula is C12H21ClO. The predicted octanol–water partition coefficient (Wildman–Crippen LogP) is 3.36. The summed E-state index contributed by atoms with van der Waals surface area (Å²) in [6.45, 7) is 5.76. The molecule has 0 aromatic carbocycles. The molecule has 0 aliphatic heterocycles. The lowest BCUT2D eigenvalue weighted by atomic mass is 9.87. The van der Waals surface area contributed by atoms with E-state index in [-0.39, 0.29) is 12.0 Å². The van der Waals surface area contributed by atoms with Gasteiger partial charge in [0, 0.05) is 5.38 Å². The SMILES string of the molecule is C=CC(C)C(O)C1CCCC(Cl)CC1. The third-order valence-corrected chi connectivity index (χ3v) is 3.77. The monoisotopic (exact) mass is 216 g/mol. The Kier molecular flexibility index (Phi) is 4.97. The second kappa shape index (κ2) is 5.77. The van der Waals surface area contributed by atoms with Gasteiger partial charge in [-0.1, -0.05) is 19.4 Å². The van der Waals surface area contributed by atoms with Crippen molar-refractivity contribution in [1.29, 1.82) is 0 Å². The maximum absolute atomic E-state index is 10.0. The third kappa shape index (κ3) is 3.29. The lowest BCUT2D eigenvalue weighted by Gasteiger charge is -2.24. The minimum atomic E-state index is -0.227. The lowest BCUT2D eigenvalue weighted by Crippen LogP contribution is -2.26. The van der Waals surface area contributed by atoms with E-state index >= 15 is 0 Å². The Morgan fingerprint density at radius 2 is 2.07 bits per heavy atom. The van der Waals surface area contributed by atoms with Crippen molar-refractivity contribution >= 4 is 11.6 Å². The summed E-state index contributed by atoms with van der Waals surface area (Å²) in [6.07, 6.45) is 7.10. The van der Waals surface area contributed by atoms with E-state index in [1.54, 1.807) is 0 Å². The van der Waals surface area contributed by atoms with E-state index in [2.05, 4.69) is 6.58 Å². The number of alkyl halides is 1. The van der Waals surface area contributed by atoms with Crippen LogP contribution in [0.4, 0.5) is 0 Å². The summed E-state index contributed by atoms with van der Waals surface area (Å²) in [4.78, 5) is 0. The lowest BCUT2D eigenvalue weighted by molar-refractivity contribution is 0.0673. The molecule has 1 saturated carbocycles. The van der Waals surface area contributed by atoms with E-state index in [9.17, 15) is 5.11 Å². The second-order valence-corrected chi connectivity index (χ2v) is 5.07. The topological polar surface area (TPSA) is 20.2 Å². The Morgan fingerprint density at radius 1 is 1.36 bits per heavy atom. The first-order valence-electron chi connectivity index (χ1n) is 5.60. The van der Waals surface area contributed by atoms with E-state index in [4.69, 9.17) is 11.6 Å². The first kappa shape index (κ1) is 12.1. The van der Waals surface area contributed by atoms with Crippen molar-refractivity contribution in [2.24, 2.45) is 11.8 Å². The smallest absolute Gasteiger partial charge is 0.0628 e. The Morgan fingerprint density at radius 3 is 2.71 bits per heavy atom. The summed E-state index contributed by atoms with van der Waals surface area (Å²) >= 11 is 6.10. The molecule has 14 heavy (non-hydrogen) atoms. The molecule has 0 saturated heterocycles. The van der Waals surface area contributed by atoms with Gasteiger partial charge in [0.2, 0.25) is 0 Å². The van der Waals surface area contributed by atoms with Crippen molar-refractivity contribution < 1.29 is 5.11 Å². The van der Waals surface area contributed by atoms with Gasteiger partial charge >= 0.3 is 0 Å². The Balaban J connectivity index is 2.46. The Hall–Kier alpha value is -0.0100. The van der Waals surface area contributed by atoms with Crippen molar-refractivity contribution in [2.75, 3.05) is 0 Å². The molecule has 1 nitrogen and oxygen atoms in total. The molecule has 4 unspecified atom stereocenters. The highest BCUT2D eigenvalue weighted by atomic mass is 35.5. The molecule has 0 radical (unpaired) electrons. The van der Waals surface area contributed by atoms with Gasteiger partial charge in [-0.2, -0.15) is 0 Å². The van der Waals surface area contributed by atoms with Crippen molar-refractivity contribution in [3.8, 4) is 0 Å². The van der Waals surface area contributed by atoms with Crippen LogP contribution in [0.2, 0.25) is 0 Å². The highest BCUT2D eigenvalue weighted by Crippen LogP contribution is 2.30. The minimum absolute atomic E-state index is 0.201. The molecule has 0 amide bonds. The molecule has 0 aromatic heterocycles. The summed E-state index contributed by atoms with van der Waals surface area (Å²) in [5.41, 5.74) is 0. The number of hydrogen-bond donors (Lipinski definition) is 1. The highest BCUT2D eigenvalue weighted by molar-refractivity contribution is 6.20. The van der Waals surface area contributed by atoms with Crippen molar-refractivity contribution in [2.45, 2.75) is 50.5 Å². The number of halogens is 1. The molecule has 0 aromatic rings. The van der Waals surface area contributed by atoms with Crippen LogP contribution in [0.25, 0.3) is 0 Å². The Bertz CT molecular complexity index is 181. The van der Waals surface area contributed by atoms with Crippen LogP contribution in [0.3, 0.4) is 0 Å².